The summed E-state index contributed by atoms with van der Waals surface area (Å²) in [5, 5.41) is 3.32. The average molecular weight is 229 g/mol. The largest absolute Gasteiger partial charge is 0.317 e. The van der Waals surface area contributed by atoms with Gasteiger partial charge in [-0.15, -0.1) is 0 Å². The molecule has 2 heteroatoms. The first kappa shape index (κ1) is 18.0. The number of hydrogen-bond acceptors (Lipinski definition) is 2. The van der Waals surface area contributed by atoms with Crippen LogP contribution in [-0.4, -0.2) is 18.9 Å². The van der Waals surface area contributed by atoms with Crippen molar-refractivity contribution in [1.82, 2.24) is 5.32 Å². The van der Waals surface area contributed by atoms with Crippen LogP contribution in [-0.2, 0) is 4.79 Å². The Kier molecular flexibility index (Phi) is 19.2. The Morgan fingerprint density at radius 2 is 1.44 bits per heavy atom. The number of nitrogens with one attached hydrogen (secondary N) is 1. The molecule has 0 amide bonds. The number of hydrogen-bond donors (Lipinski definition) is 1. The summed E-state index contributed by atoms with van der Waals surface area (Å²) in [6, 6.07) is 0. The molecule has 0 aliphatic rings. The SMILES string of the molecule is CC.CCNCCCCCCCCC(C)=O. The highest BCUT2D eigenvalue weighted by Gasteiger charge is 1.94. The molecule has 0 unspecified atom stereocenters. The van der Waals surface area contributed by atoms with Gasteiger partial charge in [-0.3, -0.25) is 0 Å². The van der Waals surface area contributed by atoms with E-state index in [1.54, 1.807) is 6.92 Å². The molecule has 0 aromatic carbocycles. The van der Waals surface area contributed by atoms with Gasteiger partial charge in [-0.25, -0.2) is 0 Å². The predicted octanol–water partition coefficient (Wildman–Crippen LogP) is 3.94. The highest BCUT2D eigenvalue weighted by atomic mass is 16.1. The molecule has 1 N–H and O–H groups in total. The van der Waals surface area contributed by atoms with E-state index in [9.17, 15) is 4.79 Å². The summed E-state index contributed by atoms with van der Waals surface area (Å²) >= 11 is 0. The van der Waals surface area contributed by atoms with E-state index in [1.165, 1.54) is 32.1 Å². The van der Waals surface area contributed by atoms with Crippen molar-refractivity contribution in [2.24, 2.45) is 0 Å². The van der Waals surface area contributed by atoms with Gasteiger partial charge >= 0.3 is 0 Å². The van der Waals surface area contributed by atoms with Crippen LogP contribution in [0.1, 0.15) is 72.6 Å². The Morgan fingerprint density at radius 1 is 0.938 bits per heavy atom. The maximum atomic E-state index is 10.6. The molecule has 0 aromatic heterocycles. The van der Waals surface area contributed by atoms with Crippen LogP contribution in [0.3, 0.4) is 0 Å². The molecular formula is C14H31NO. The second kappa shape index (κ2) is 17.0. The Bertz CT molecular complexity index is 135. The molecule has 0 aromatic rings. The van der Waals surface area contributed by atoms with Gasteiger partial charge in [0.2, 0.25) is 0 Å². The second-order valence-corrected chi connectivity index (χ2v) is 3.93. The highest BCUT2D eigenvalue weighted by molar-refractivity contribution is 5.75. The van der Waals surface area contributed by atoms with Gasteiger partial charge in [0.25, 0.3) is 0 Å². The van der Waals surface area contributed by atoms with Crippen LogP contribution in [0.15, 0.2) is 0 Å². The van der Waals surface area contributed by atoms with Crippen LogP contribution in [0.25, 0.3) is 0 Å². The van der Waals surface area contributed by atoms with Crippen LogP contribution in [0.2, 0.25) is 0 Å². The summed E-state index contributed by atoms with van der Waals surface area (Å²) in [5.41, 5.74) is 0. The topological polar surface area (TPSA) is 29.1 Å². The fourth-order valence-corrected chi connectivity index (χ4v) is 1.51. The fraction of sp³-hybridized carbons (Fsp3) is 0.929. The lowest BCUT2D eigenvalue weighted by Crippen LogP contribution is -2.13. The number of unbranched alkanes of at least 4 members (excludes halogenated alkanes) is 5. The summed E-state index contributed by atoms with van der Waals surface area (Å²) in [4.78, 5) is 10.6. The number of carbonyl (C=O) groups excluding carboxylic acids is 1. The minimum atomic E-state index is 0.331. The normalized spacial score (nSPS) is 9.50. The first-order valence-corrected chi connectivity index (χ1v) is 6.97. The van der Waals surface area contributed by atoms with Gasteiger partial charge in [0, 0.05) is 6.42 Å². The lowest BCUT2D eigenvalue weighted by Gasteiger charge is -2.01. The molecule has 0 aliphatic heterocycles. The van der Waals surface area contributed by atoms with Gasteiger partial charge in [-0.05, 0) is 32.9 Å². The van der Waals surface area contributed by atoms with E-state index in [1.807, 2.05) is 13.8 Å². The molecule has 0 fully saturated rings. The van der Waals surface area contributed by atoms with E-state index in [0.717, 1.165) is 25.9 Å². The summed E-state index contributed by atoms with van der Waals surface area (Å²) in [5.74, 6) is 0.331. The average Bonchev–Trinajstić information content (AvgIpc) is 2.29. The number of Topliss-reactive ketones (excluding diaryl/α,β-unsaturated/α-hetero) is 1. The first-order chi connectivity index (χ1) is 7.77. The maximum Gasteiger partial charge on any atom is 0.129 e. The molecule has 0 aliphatic carbocycles. The summed E-state index contributed by atoms with van der Waals surface area (Å²) in [6.45, 7) is 10.1. The fourth-order valence-electron chi connectivity index (χ4n) is 1.51. The van der Waals surface area contributed by atoms with Gasteiger partial charge in [0.15, 0.2) is 0 Å². The molecule has 2 nitrogen and oxygen atoms in total. The zero-order valence-corrected chi connectivity index (χ0v) is 11.8. The van der Waals surface area contributed by atoms with Crippen LogP contribution < -0.4 is 5.32 Å². The van der Waals surface area contributed by atoms with Crippen LogP contribution in [0, 0.1) is 0 Å². The van der Waals surface area contributed by atoms with Crippen molar-refractivity contribution in [3.05, 3.63) is 0 Å². The molecule has 16 heavy (non-hydrogen) atoms. The molecule has 98 valence electrons. The van der Waals surface area contributed by atoms with E-state index in [-0.39, 0.29) is 0 Å². The van der Waals surface area contributed by atoms with Crippen LogP contribution in [0.5, 0.6) is 0 Å². The zero-order chi connectivity index (χ0) is 12.6. The minimum absolute atomic E-state index is 0.331. The number of carbonyl (C=O) groups is 1. The van der Waals surface area contributed by atoms with E-state index >= 15 is 0 Å². The van der Waals surface area contributed by atoms with Crippen molar-refractivity contribution >= 4 is 5.78 Å². The van der Waals surface area contributed by atoms with Crippen molar-refractivity contribution in [3.8, 4) is 0 Å². The standard InChI is InChI=1S/C12H25NO.C2H6/c1-3-13-11-9-7-5-4-6-8-10-12(2)14;1-2/h13H,3-11H2,1-2H3;1-2H3. The van der Waals surface area contributed by atoms with Crippen LogP contribution >= 0.6 is 0 Å². The number of rotatable bonds is 10. The smallest absolute Gasteiger partial charge is 0.129 e. The molecule has 0 radical (unpaired) electrons. The Balaban J connectivity index is 0. The highest BCUT2D eigenvalue weighted by Crippen LogP contribution is 2.06. The Morgan fingerprint density at radius 3 is 1.94 bits per heavy atom. The van der Waals surface area contributed by atoms with Gasteiger partial charge in [0.05, 0.1) is 0 Å². The Hall–Kier alpha value is -0.370. The molecule has 0 bridgehead atoms. The van der Waals surface area contributed by atoms with Crippen molar-refractivity contribution in [3.63, 3.8) is 0 Å². The maximum absolute atomic E-state index is 10.6. The quantitative estimate of drug-likeness (QED) is 0.575. The van der Waals surface area contributed by atoms with Gasteiger partial charge in [-0.1, -0.05) is 46.5 Å². The van der Waals surface area contributed by atoms with Gasteiger partial charge in [0.1, 0.15) is 5.78 Å². The lowest BCUT2D eigenvalue weighted by molar-refractivity contribution is -0.117. The molecule has 0 spiro atoms. The molecule has 0 saturated carbocycles. The monoisotopic (exact) mass is 229 g/mol. The zero-order valence-electron chi connectivity index (χ0n) is 11.8. The predicted molar refractivity (Wildman–Crippen MR) is 72.9 cm³/mol. The molecule has 0 rings (SSSR count). The Labute approximate surface area is 102 Å². The summed E-state index contributed by atoms with van der Waals surface area (Å²) in [6.07, 6.45) is 8.32. The molecule has 0 atom stereocenters. The van der Waals surface area contributed by atoms with E-state index in [0.29, 0.717) is 5.78 Å². The van der Waals surface area contributed by atoms with E-state index < -0.39 is 0 Å². The third-order valence-corrected chi connectivity index (χ3v) is 2.38. The third-order valence-electron chi connectivity index (χ3n) is 2.38. The lowest BCUT2D eigenvalue weighted by atomic mass is 10.1. The van der Waals surface area contributed by atoms with Gasteiger partial charge < -0.3 is 10.1 Å². The van der Waals surface area contributed by atoms with Crippen molar-refractivity contribution in [1.29, 1.82) is 0 Å². The van der Waals surface area contributed by atoms with E-state index in [2.05, 4.69) is 12.2 Å². The minimum Gasteiger partial charge on any atom is -0.317 e. The summed E-state index contributed by atoms with van der Waals surface area (Å²) < 4.78 is 0. The number of ketones is 1. The van der Waals surface area contributed by atoms with Crippen molar-refractivity contribution in [2.75, 3.05) is 13.1 Å². The second-order valence-electron chi connectivity index (χ2n) is 3.93. The molecule has 0 heterocycles. The summed E-state index contributed by atoms with van der Waals surface area (Å²) in [7, 11) is 0. The first-order valence-electron chi connectivity index (χ1n) is 6.97. The van der Waals surface area contributed by atoms with Gasteiger partial charge in [-0.2, -0.15) is 0 Å². The molecular weight excluding hydrogens is 198 g/mol. The molecule has 0 saturated heterocycles. The third kappa shape index (κ3) is 19.2. The van der Waals surface area contributed by atoms with Crippen LogP contribution in [0.4, 0.5) is 0 Å². The van der Waals surface area contributed by atoms with Crippen molar-refractivity contribution in [2.45, 2.75) is 72.6 Å². The van der Waals surface area contributed by atoms with Crippen molar-refractivity contribution < 1.29 is 4.79 Å². The van der Waals surface area contributed by atoms with E-state index in [4.69, 9.17) is 0 Å².